The van der Waals surface area contributed by atoms with Crippen LogP contribution >= 0.6 is 11.8 Å². The van der Waals surface area contributed by atoms with Crippen LogP contribution in [-0.2, 0) is 35.7 Å². The fraction of sp³-hybridized carbons (Fsp3) is 0.350. The number of aryl methyl sites for hydroxylation is 1. The van der Waals surface area contributed by atoms with Gasteiger partial charge in [0.05, 0.1) is 18.3 Å². The molecule has 3 N–H and O–H groups in total. The van der Waals surface area contributed by atoms with Gasteiger partial charge in [0.1, 0.15) is 5.75 Å². The monoisotopic (exact) mass is 542 g/mol. The molecule has 0 saturated carbocycles. The zero-order valence-electron chi connectivity index (χ0n) is 19.8. The first kappa shape index (κ1) is 28.5. The molecular weight excluding hydrogens is 523 g/mol. The van der Waals surface area contributed by atoms with Crippen LogP contribution in [0.1, 0.15) is 11.5 Å². The fourth-order valence-corrected chi connectivity index (χ4v) is 4.71. The second kappa shape index (κ2) is 11.2. The van der Waals surface area contributed by atoms with Crippen LogP contribution in [0.4, 0.5) is 0 Å². The molecular formula is C20H19N6NaO9S. The number of phenolic OH excluding ortho intramolecular Hbond substituents is 1. The molecule has 0 bridgehead atoms. The van der Waals surface area contributed by atoms with Gasteiger partial charge >= 0.3 is 35.5 Å². The molecule has 0 spiro atoms. The van der Waals surface area contributed by atoms with E-state index in [0.717, 1.165) is 23.8 Å². The van der Waals surface area contributed by atoms with Gasteiger partial charge in [0.15, 0.2) is 12.1 Å². The minimum atomic E-state index is -2.17. The number of carbonyl (C=O) groups excluding carboxylic acids is 3. The Bertz CT molecular complexity index is 1270. The normalized spacial score (nSPS) is 21.4. The Morgan fingerprint density at radius 1 is 1.35 bits per heavy atom. The second-order valence-corrected chi connectivity index (χ2v) is 8.69. The van der Waals surface area contributed by atoms with Crippen molar-refractivity contribution in [1.82, 2.24) is 30.4 Å². The Hall–Kier alpha value is -3.02. The number of ether oxygens (including phenoxy) is 2. The number of nitrogens with zero attached hydrogens (tertiary/aromatic N) is 5. The van der Waals surface area contributed by atoms with Gasteiger partial charge in [0.25, 0.3) is 11.6 Å². The van der Waals surface area contributed by atoms with Gasteiger partial charge in [-0.25, -0.2) is 4.68 Å². The number of aromatic hydroxyl groups is 1. The number of fused-ring (bicyclic) bond motifs is 1. The first-order valence-corrected chi connectivity index (χ1v) is 11.2. The number of nitrogens with one attached hydrogen (secondary N) is 1. The van der Waals surface area contributed by atoms with Gasteiger partial charge in [0, 0.05) is 19.9 Å². The number of β-lactam (4-membered cyclic amide) rings is 1. The van der Waals surface area contributed by atoms with Gasteiger partial charge in [0.2, 0.25) is 11.1 Å². The number of benzene rings is 1. The Kier molecular flexibility index (Phi) is 8.61. The van der Waals surface area contributed by atoms with Crippen molar-refractivity contribution >= 4 is 35.5 Å². The van der Waals surface area contributed by atoms with E-state index in [4.69, 9.17) is 9.47 Å². The number of aromatic nitrogens is 4. The summed E-state index contributed by atoms with van der Waals surface area (Å²) in [5.74, 6) is -7.10. The van der Waals surface area contributed by atoms with Gasteiger partial charge in [-0.15, -0.1) is 5.10 Å². The van der Waals surface area contributed by atoms with Crippen molar-refractivity contribution in [2.24, 2.45) is 7.05 Å². The van der Waals surface area contributed by atoms with Crippen molar-refractivity contribution in [1.29, 1.82) is 0 Å². The van der Waals surface area contributed by atoms with E-state index in [9.17, 15) is 34.5 Å². The summed E-state index contributed by atoms with van der Waals surface area (Å²) in [6.45, 7) is -0.253. The van der Waals surface area contributed by atoms with E-state index in [2.05, 4.69) is 20.8 Å². The molecule has 2 aliphatic rings. The second-order valence-electron chi connectivity index (χ2n) is 7.74. The summed E-state index contributed by atoms with van der Waals surface area (Å²) in [6.07, 6.45) is -1.40. The molecule has 15 nitrogen and oxygen atoms in total. The van der Waals surface area contributed by atoms with E-state index in [-0.39, 0.29) is 58.8 Å². The van der Waals surface area contributed by atoms with E-state index in [1.54, 1.807) is 7.05 Å². The summed E-state index contributed by atoms with van der Waals surface area (Å²) in [4.78, 5) is 50.7. The minimum absolute atomic E-state index is 0. The molecule has 3 atom stereocenters. The van der Waals surface area contributed by atoms with Crippen LogP contribution in [-0.4, -0.2) is 90.5 Å². The number of aliphatic carboxylic acids is 2. The van der Waals surface area contributed by atoms with Crippen molar-refractivity contribution in [2.45, 2.75) is 23.0 Å². The van der Waals surface area contributed by atoms with Crippen LogP contribution < -0.4 is 40.0 Å². The number of tetrazole rings is 1. The number of carboxylic acids is 2. The minimum Gasteiger partial charge on any atom is -0.543 e. The van der Waals surface area contributed by atoms with E-state index < -0.39 is 47.3 Å². The summed E-state index contributed by atoms with van der Waals surface area (Å²) in [5, 5.41) is 44.7. The smallest absolute Gasteiger partial charge is 0.543 e. The SMILES string of the molecule is COC1(NC(=O)C(C(=O)O)c2ccc(O)cc2)C(=O)N2C(C(=O)[O-])=C(CSc3nnnn3C)COC21.[Na+]. The zero-order chi connectivity index (χ0) is 26.2. The molecule has 1 aromatic heterocycles. The van der Waals surface area contributed by atoms with E-state index >= 15 is 0 Å². The average molecular weight is 542 g/mol. The van der Waals surface area contributed by atoms with Crippen LogP contribution in [0.15, 0.2) is 40.7 Å². The largest absolute Gasteiger partial charge is 1.00 e. The third-order valence-corrected chi connectivity index (χ3v) is 6.72. The van der Waals surface area contributed by atoms with Crippen molar-refractivity contribution in [3.05, 3.63) is 41.1 Å². The Morgan fingerprint density at radius 2 is 2.03 bits per heavy atom. The molecule has 0 aliphatic carbocycles. The number of amides is 2. The maximum absolute atomic E-state index is 13.2. The summed E-state index contributed by atoms with van der Waals surface area (Å²) in [5.41, 5.74) is -2.38. The van der Waals surface area contributed by atoms with Gasteiger partial charge in [-0.05, 0) is 33.7 Å². The number of rotatable bonds is 9. The van der Waals surface area contributed by atoms with Crippen molar-refractivity contribution in [3.63, 3.8) is 0 Å². The van der Waals surface area contributed by atoms with Gasteiger partial charge in [-0.1, -0.05) is 23.9 Å². The molecule has 4 rings (SSSR count). The van der Waals surface area contributed by atoms with Gasteiger partial charge < -0.3 is 34.9 Å². The quantitative estimate of drug-likeness (QED) is 0.0889. The predicted octanol–water partition coefficient (Wildman–Crippen LogP) is -5.46. The van der Waals surface area contributed by atoms with E-state index in [1.165, 1.54) is 28.9 Å². The zero-order valence-corrected chi connectivity index (χ0v) is 22.6. The summed E-state index contributed by atoms with van der Waals surface area (Å²) >= 11 is 1.11. The number of hydrogen-bond acceptors (Lipinski definition) is 12. The molecule has 2 aromatic rings. The first-order valence-electron chi connectivity index (χ1n) is 10.2. The average Bonchev–Trinajstić information content (AvgIpc) is 3.25. The molecule has 37 heavy (non-hydrogen) atoms. The topological polar surface area (TPSA) is 209 Å². The van der Waals surface area contributed by atoms with E-state index in [0.29, 0.717) is 5.16 Å². The Morgan fingerprint density at radius 3 is 2.57 bits per heavy atom. The van der Waals surface area contributed by atoms with Gasteiger partial charge in [-0.2, -0.15) is 0 Å². The molecule has 2 amide bonds. The molecule has 1 aromatic carbocycles. The van der Waals surface area contributed by atoms with Crippen molar-refractivity contribution in [3.8, 4) is 5.75 Å². The number of carboxylic acid groups (broad SMARTS) is 2. The molecule has 2 aliphatic heterocycles. The van der Waals surface area contributed by atoms with Crippen LogP contribution in [0.5, 0.6) is 5.75 Å². The van der Waals surface area contributed by atoms with Crippen molar-refractivity contribution in [2.75, 3.05) is 19.5 Å². The molecule has 190 valence electrons. The van der Waals surface area contributed by atoms with E-state index in [1.807, 2.05) is 0 Å². The maximum Gasteiger partial charge on any atom is 1.00 e. The standard InChI is InChI=1S/C20H20N6O9S.Na/c1-25-19(22-23-24-25)36-8-10-7-35-18-20(34-2,17(33)26(18)13(10)16(31)32)21-14(28)12(15(29)30)9-3-5-11(27)6-4-9;/h3-6,12,18,27H,7-8H2,1-2H3,(H,21,28)(H,29,30)(H,31,32);/q;+1/p-1. The molecule has 1 fully saturated rings. The number of carbonyl (C=O) groups is 4. The molecule has 17 heteroatoms. The summed E-state index contributed by atoms with van der Waals surface area (Å²) in [7, 11) is 2.69. The number of phenols is 1. The van der Waals surface area contributed by atoms with Crippen LogP contribution in [0.2, 0.25) is 0 Å². The van der Waals surface area contributed by atoms with Crippen molar-refractivity contribution < 1.29 is 73.5 Å². The molecule has 0 radical (unpaired) electrons. The summed E-state index contributed by atoms with van der Waals surface area (Å²) < 4.78 is 12.3. The third-order valence-electron chi connectivity index (χ3n) is 5.63. The fourth-order valence-electron chi connectivity index (χ4n) is 3.87. The first-order chi connectivity index (χ1) is 17.1. The molecule has 3 heterocycles. The Labute approximate surface area is 235 Å². The number of methoxy groups -OCH3 is 1. The predicted molar refractivity (Wildman–Crippen MR) is 115 cm³/mol. The maximum atomic E-state index is 13.2. The summed E-state index contributed by atoms with van der Waals surface area (Å²) in [6, 6.07) is 4.90. The van der Waals surface area contributed by atoms with Crippen LogP contribution in [0, 0.1) is 0 Å². The third kappa shape index (κ3) is 5.07. The molecule has 1 saturated heterocycles. The van der Waals surface area contributed by atoms with Crippen LogP contribution in [0.25, 0.3) is 0 Å². The van der Waals surface area contributed by atoms with Crippen LogP contribution in [0.3, 0.4) is 0 Å². The molecule has 3 unspecified atom stereocenters. The number of thioether (sulfide) groups is 1. The van der Waals surface area contributed by atoms with Gasteiger partial charge in [-0.3, -0.25) is 19.3 Å². The number of hydrogen-bond donors (Lipinski definition) is 3. The Balaban J connectivity index is 0.00000380.